The van der Waals surface area contributed by atoms with Crippen LogP contribution in [0.4, 0.5) is 0 Å². The van der Waals surface area contributed by atoms with Crippen molar-refractivity contribution in [2.24, 2.45) is 0 Å². The van der Waals surface area contributed by atoms with Crippen molar-refractivity contribution in [3.8, 4) is 40.7 Å². The summed E-state index contributed by atoms with van der Waals surface area (Å²) in [7, 11) is 0. The first kappa shape index (κ1) is 25.1. The minimum Gasteiger partial charge on any atom is -0.309 e. The highest BCUT2D eigenvalue weighted by molar-refractivity contribution is 6.11. The molecule has 0 saturated heterocycles. The first-order chi connectivity index (χ1) is 21.7. The van der Waals surface area contributed by atoms with Crippen LogP contribution in [0.2, 0.25) is 0 Å². The highest BCUT2D eigenvalue weighted by Crippen LogP contribution is 2.39. The van der Waals surface area contributed by atoms with E-state index in [2.05, 4.69) is 69.8 Å². The number of hydrogen-bond acceptors (Lipinski definition) is 3. The highest BCUT2D eigenvalue weighted by Gasteiger charge is 2.19. The van der Waals surface area contributed by atoms with E-state index in [1.54, 1.807) is 0 Å². The fourth-order valence-corrected chi connectivity index (χ4v) is 6.50. The molecule has 0 aliphatic heterocycles. The van der Waals surface area contributed by atoms with Crippen LogP contribution in [0.3, 0.4) is 0 Å². The van der Waals surface area contributed by atoms with Crippen LogP contribution >= 0.6 is 0 Å². The number of para-hydroxylation sites is 3. The molecule has 2 aromatic heterocycles. The summed E-state index contributed by atoms with van der Waals surface area (Å²) in [5, 5.41) is 33.6. The summed E-state index contributed by atoms with van der Waals surface area (Å²) in [5.74, 6) is 0. The quantitative estimate of drug-likeness (QED) is 0.216. The molecule has 0 atom stereocenters. The molecule has 0 spiro atoms. The number of rotatable bonds is 3. The van der Waals surface area contributed by atoms with Crippen molar-refractivity contribution in [1.82, 2.24) is 9.13 Å². The van der Waals surface area contributed by atoms with Crippen molar-refractivity contribution in [1.29, 1.82) is 15.8 Å². The van der Waals surface area contributed by atoms with Gasteiger partial charge in [-0.15, -0.1) is 0 Å². The maximum Gasteiger partial charge on any atom is 0.101 e. The standard InChI is InChI=1S/C39H21N5/c40-22-25-13-17-37-32(19-25)33-20-26(23-41)14-18-38(33)43(37)34-10-4-1-7-29(34)27-15-16-28(24-42)39(21-27)44-35-11-5-2-8-30(35)31-9-3-6-12-36(31)44/h1-21H. The largest absolute Gasteiger partial charge is 0.309 e. The molecular weight excluding hydrogens is 538 g/mol. The number of fused-ring (bicyclic) bond motifs is 6. The number of benzene rings is 6. The first-order valence-corrected chi connectivity index (χ1v) is 14.2. The zero-order valence-electron chi connectivity index (χ0n) is 23.4. The minimum absolute atomic E-state index is 0.565. The van der Waals surface area contributed by atoms with Crippen molar-refractivity contribution >= 4 is 43.6 Å². The van der Waals surface area contributed by atoms with Gasteiger partial charge in [-0.05, 0) is 72.3 Å². The van der Waals surface area contributed by atoms with Gasteiger partial charge in [0, 0.05) is 27.1 Å². The molecule has 44 heavy (non-hydrogen) atoms. The normalized spacial score (nSPS) is 11.1. The molecular formula is C39H21N5. The summed E-state index contributed by atoms with van der Waals surface area (Å²) in [6.45, 7) is 0. The molecule has 0 unspecified atom stereocenters. The van der Waals surface area contributed by atoms with Gasteiger partial charge in [-0.25, -0.2) is 0 Å². The lowest BCUT2D eigenvalue weighted by Crippen LogP contribution is -2.00. The van der Waals surface area contributed by atoms with E-state index in [9.17, 15) is 15.8 Å². The predicted molar refractivity (Wildman–Crippen MR) is 175 cm³/mol. The molecule has 0 saturated carbocycles. The molecule has 0 amide bonds. The Morgan fingerprint density at radius 1 is 0.409 bits per heavy atom. The highest BCUT2D eigenvalue weighted by atomic mass is 15.0. The summed E-state index contributed by atoms with van der Waals surface area (Å²) in [6.07, 6.45) is 0. The van der Waals surface area contributed by atoms with Crippen LogP contribution < -0.4 is 0 Å². The van der Waals surface area contributed by atoms with Gasteiger partial charge < -0.3 is 9.13 Å². The van der Waals surface area contributed by atoms with Crippen LogP contribution in [0.25, 0.3) is 66.1 Å². The van der Waals surface area contributed by atoms with Gasteiger partial charge in [0.05, 0.1) is 62.3 Å². The van der Waals surface area contributed by atoms with E-state index < -0.39 is 0 Å². The van der Waals surface area contributed by atoms with Gasteiger partial charge in [-0.1, -0.05) is 60.7 Å². The number of aromatic nitrogens is 2. The van der Waals surface area contributed by atoms with E-state index in [4.69, 9.17) is 0 Å². The number of nitrogens with zero attached hydrogens (tertiary/aromatic N) is 5. The molecule has 2 heterocycles. The van der Waals surface area contributed by atoms with Gasteiger partial charge in [0.15, 0.2) is 0 Å². The molecule has 8 aromatic rings. The maximum atomic E-state index is 10.2. The van der Waals surface area contributed by atoms with E-state index in [1.807, 2.05) is 84.9 Å². The molecule has 0 radical (unpaired) electrons. The molecule has 0 aliphatic rings. The molecule has 0 bridgehead atoms. The molecule has 5 nitrogen and oxygen atoms in total. The van der Waals surface area contributed by atoms with Crippen molar-refractivity contribution in [2.75, 3.05) is 0 Å². The molecule has 0 fully saturated rings. The Hall–Kier alpha value is -6.61. The SMILES string of the molecule is N#Cc1ccc2c(c1)c1cc(C#N)ccc1n2-c1ccccc1-c1ccc(C#N)c(-n2c3ccccc3c3ccccc32)c1. The molecule has 8 rings (SSSR count). The topological polar surface area (TPSA) is 81.2 Å². The molecule has 0 aliphatic carbocycles. The summed E-state index contributed by atoms with van der Waals surface area (Å²) >= 11 is 0. The summed E-state index contributed by atoms with van der Waals surface area (Å²) in [6, 6.07) is 49.1. The fourth-order valence-electron chi connectivity index (χ4n) is 6.50. The third kappa shape index (κ3) is 3.63. The lowest BCUT2D eigenvalue weighted by Gasteiger charge is -2.16. The van der Waals surface area contributed by atoms with Gasteiger partial charge in [-0.3, -0.25) is 0 Å². The first-order valence-electron chi connectivity index (χ1n) is 14.2. The van der Waals surface area contributed by atoms with Gasteiger partial charge in [-0.2, -0.15) is 15.8 Å². The Morgan fingerprint density at radius 3 is 1.52 bits per heavy atom. The lowest BCUT2D eigenvalue weighted by molar-refractivity contribution is 1.16. The van der Waals surface area contributed by atoms with Crippen molar-refractivity contribution in [3.63, 3.8) is 0 Å². The Labute approximate surface area is 252 Å². The second-order valence-electron chi connectivity index (χ2n) is 10.8. The van der Waals surface area contributed by atoms with E-state index in [0.717, 1.165) is 66.1 Å². The molecule has 6 aromatic carbocycles. The van der Waals surface area contributed by atoms with Crippen LogP contribution in [0, 0.1) is 34.0 Å². The molecule has 202 valence electrons. The van der Waals surface area contributed by atoms with Gasteiger partial charge in [0.1, 0.15) is 6.07 Å². The van der Waals surface area contributed by atoms with Gasteiger partial charge in [0.25, 0.3) is 0 Å². The minimum atomic E-state index is 0.565. The Balaban J connectivity index is 1.42. The zero-order chi connectivity index (χ0) is 29.8. The summed E-state index contributed by atoms with van der Waals surface area (Å²) in [4.78, 5) is 0. The number of hydrogen-bond donors (Lipinski definition) is 0. The van der Waals surface area contributed by atoms with Crippen LogP contribution in [0.1, 0.15) is 16.7 Å². The monoisotopic (exact) mass is 559 g/mol. The van der Waals surface area contributed by atoms with Crippen molar-refractivity contribution < 1.29 is 0 Å². The zero-order valence-corrected chi connectivity index (χ0v) is 23.4. The maximum absolute atomic E-state index is 10.2. The van der Waals surface area contributed by atoms with Crippen LogP contribution in [-0.2, 0) is 0 Å². The molecule has 5 heteroatoms. The Morgan fingerprint density at radius 2 is 0.932 bits per heavy atom. The van der Waals surface area contributed by atoms with Crippen molar-refractivity contribution in [3.05, 3.63) is 144 Å². The van der Waals surface area contributed by atoms with E-state index in [1.165, 1.54) is 0 Å². The third-order valence-corrected chi connectivity index (χ3v) is 8.42. The average Bonchev–Trinajstić information content (AvgIpc) is 3.60. The summed E-state index contributed by atoms with van der Waals surface area (Å²) in [5.41, 5.74) is 9.42. The van der Waals surface area contributed by atoms with E-state index >= 15 is 0 Å². The Bertz CT molecular complexity index is 2470. The van der Waals surface area contributed by atoms with E-state index in [-0.39, 0.29) is 0 Å². The average molecular weight is 560 g/mol. The lowest BCUT2D eigenvalue weighted by atomic mass is 10.00. The Kier molecular flexibility index (Phi) is 5.56. The second-order valence-corrected chi connectivity index (χ2v) is 10.8. The second kappa shape index (κ2) is 9.74. The molecule has 0 N–H and O–H groups in total. The van der Waals surface area contributed by atoms with Gasteiger partial charge in [0.2, 0.25) is 0 Å². The van der Waals surface area contributed by atoms with Crippen LogP contribution in [0.5, 0.6) is 0 Å². The van der Waals surface area contributed by atoms with E-state index in [0.29, 0.717) is 16.7 Å². The van der Waals surface area contributed by atoms with Gasteiger partial charge >= 0.3 is 0 Å². The summed E-state index contributed by atoms with van der Waals surface area (Å²) < 4.78 is 4.38. The van der Waals surface area contributed by atoms with Crippen LogP contribution in [0.15, 0.2) is 127 Å². The number of nitriles is 3. The third-order valence-electron chi connectivity index (χ3n) is 8.42. The van der Waals surface area contributed by atoms with Crippen molar-refractivity contribution in [2.45, 2.75) is 0 Å². The fraction of sp³-hybridized carbons (Fsp3) is 0. The predicted octanol–water partition coefficient (Wildman–Crippen LogP) is 9.16. The smallest absolute Gasteiger partial charge is 0.101 e. The van der Waals surface area contributed by atoms with Crippen LogP contribution in [-0.4, -0.2) is 9.13 Å².